The van der Waals surface area contributed by atoms with Gasteiger partial charge in [-0.25, -0.2) is 0 Å². The average Bonchev–Trinajstić information content (AvgIpc) is 2.40. The number of carbonyl (C=O) groups is 1. The maximum absolute atomic E-state index is 13.1. The Morgan fingerprint density at radius 3 is 1.61 bits per heavy atom. The maximum atomic E-state index is 13.1. The van der Waals surface area contributed by atoms with E-state index in [4.69, 9.17) is 5.73 Å². The van der Waals surface area contributed by atoms with Gasteiger partial charge in [-0.05, 0) is 0 Å². The largest absolute Gasteiger partial charge is 0.369 e. The molecule has 0 aliphatic heterocycles. The Morgan fingerprint density at radius 1 is 0.889 bits per heavy atom. The van der Waals surface area contributed by atoms with Gasteiger partial charge in [-0.1, -0.05) is 60.7 Å². The zero-order valence-electron chi connectivity index (χ0n) is 9.82. The number of hydrogen-bond donors (Lipinski definition) is 1. The number of nitrogens with two attached hydrogens (primary N) is 1. The molecule has 0 spiro atoms. The van der Waals surface area contributed by atoms with Gasteiger partial charge in [0.15, 0.2) is 7.14 Å². The monoisotopic (exact) mass is 259 g/mol. The molecule has 0 saturated heterocycles. The molecule has 2 aromatic carbocycles. The third-order valence-corrected chi connectivity index (χ3v) is 5.75. The van der Waals surface area contributed by atoms with Crippen LogP contribution in [0.2, 0.25) is 0 Å². The molecule has 2 N–H and O–H groups in total. The van der Waals surface area contributed by atoms with E-state index in [1.165, 1.54) is 0 Å². The van der Waals surface area contributed by atoms with E-state index in [1.54, 1.807) is 24.3 Å². The first-order chi connectivity index (χ1) is 8.63. The number of primary amides is 1. The third kappa shape index (κ3) is 2.52. The summed E-state index contributed by atoms with van der Waals surface area (Å²) in [5.74, 6) is -0.550. The van der Waals surface area contributed by atoms with Gasteiger partial charge < -0.3 is 10.3 Å². The topological polar surface area (TPSA) is 60.2 Å². The van der Waals surface area contributed by atoms with Crippen molar-refractivity contribution in [1.29, 1.82) is 0 Å². The van der Waals surface area contributed by atoms with Crippen LogP contribution in [0.25, 0.3) is 0 Å². The molecule has 0 aliphatic rings. The quantitative estimate of drug-likeness (QED) is 0.845. The maximum Gasteiger partial charge on any atom is 0.225 e. The average molecular weight is 259 g/mol. The van der Waals surface area contributed by atoms with Crippen LogP contribution in [-0.4, -0.2) is 12.1 Å². The van der Waals surface area contributed by atoms with Crippen molar-refractivity contribution in [2.24, 2.45) is 5.73 Å². The van der Waals surface area contributed by atoms with Crippen LogP contribution in [0.3, 0.4) is 0 Å². The Bertz CT molecular complexity index is 538. The molecule has 0 saturated carbocycles. The minimum Gasteiger partial charge on any atom is -0.369 e. The normalized spacial score (nSPS) is 11.1. The highest BCUT2D eigenvalue weighted by atomic mass is 31.2. The molecule has 0 bridgehead atoms. The Morgan fingerprint density at radius 2 is 1.28 bits per heavy atom. The molecule has 3 nitrogen and oxygen atoms in total. The predicted octanol–water partition coefficient (Wildman–Crippen LogP) is 1.49. The van der Waals surface area contributed by atoms with E-state index in [0.29, 0.717) is 10.6 Å². The van der Waals surface area contributed by atoms with Gasteiger partial charge in [0.05, 0.1) is 6.16 Å². The minimum atomic E-state index is -2.95. The Hall–Kier alpha value is -1.86. The van der Waals surface area contributed by atoms with Gasteiger partial charge in [-0.2, -0.15) is 0 Å². The van der Waals surface area contributed by atoms with Crippen LogP contribution >= 0.6 is 7.14 Å². The van der Waals surface area contributed by atoms with Crippen molar-refractivity contribution in [2.75, 3.05) is 6.16 Å². The molecule has 0 unspecified atom stereocenters. The second-order valence-electron chi connectivity index (χ2n) is 4.04. The zero-order valence-corrected chi connectivity index (χ0v) is 10.7. The highest BCUT2D eigenvalue weighted by molar-refractivity contribution is 7.79. The predicted molar refractivity (Wildman–Crippen MR) is 73.8 cm³/mol. The summed E-state index contributed by atoms with van der Waals surface area (Å²) in [5, 5.41) is 1.32. The zero-order chi connectivity index (χ0) is 13.0. The van der Waals surface area contributed by atoms with Gasteiger partial charge >= 0.3 is 0 Å². The molecule has 4 heteroatoms. The molecule has 0 aromatic heterocycles. The van der Waals surface area contributed by atoms with Crippen LogP contribution in [0.4, 0.5) is 0 Å². The number of carbonyl (C=O) groups excluding carboxylic acids is 1. The standard InChI is InChI=1S/C14H14NO2P/c15-14(16)11-18(17,12-7-3-1-4-8-12)13-9-5-2-6-10-13/h1-10H,11H2,(H2,15,16). The van der Waals surface area contributed by atoms with Crippen LogP contribution in [0, 0.1) is 0 Å². The van der Waals surface area contributed by atoms with Crippen molar-refractivity contribution in [3.05, 3.63) is 60.7 Å². The summed E-state index contributed by atoms with van der Waals surface area (Å²) < 4.78 is 13.1. The highest BCUT2D eigenvalue weighted by Gasteiger charge is 2.28. The van der Waals surface area contributed by atoms with E-state index in [0.717, 1.165) is 0 Å². The van der Waals surface area contributed by atoms with Gasteiger partial charge in [0, 0.05) is 10.6 Å². The van der Waals surface area contributed by atoms with E-state index in [9.17, 15) is 9.36 Å². The summed E-state index contributed by atoms with van der Waals surface area (Å²) >= 11 is 0. The van der Waals surface area contributed by atoms with Crippen LogP contribution in [0.1, 0.15) is 0 Å². The van der Waals surface area contributed by atoms with E-state index >= 15 is 0 Å². The Labute approximate surface area is 106 Å². The smallest absolute Gasteiger partial charge is 0.225 e. The molecule has 0 heterocycles. The number of hydrogen-bond acceptors (Lipinski definition) is 2. The molecule has 0 atom stereocenters. The lowest BCUT2D eigenvalue weighted by molar-refractivity contribution is -0.115. The van der Waals surface area contributed by atoms with Crippen molar-refractivity contribution in [1.82, 2.24) is 0 Å². The first-order valence-corrected chi connectivity index (χ1v) is 7.51. The second-order valence-corrected chi connectivity index (χ2v) is 6.86. The fourth-order valence-electron chi connectivity index (χ4n) is 1.89. The summed E-state index contributed by atoms with van der Waals surface area (Å²) in [6.07, 6.45) is -0.138. The summed E-state index contributed by atoms with van der Waals surface area (Å²) in [5.41, 5.74) is 5.24. The second kappa shape index (κ2) is 5.19. The van der Waals surface area contributed by atoms with Crippen LogP contribution in [0.15, 0.2) is 60.7 Å². The SMILES string of the molecule is NC(=O)CP(=O)(c1ccccc1)c1ccccc1. The molecule has 0 fully saturated rings. The summed E-state index contributed by atoms with van der Waals surface area (Å²) in [7, 11) is -2.95. The third-order valence-electron chi connectivity index (χ3n) is 2.73. The van der Waals surface area contributed by atoms with Crippen molar-refractivity contribution >= 4 is 23.7 Å². The Balaban J connectivity index is 2.55. The van der Waals surface area contributed by atoms with Gasteiger partial charge in [-0.15, -0.1) is 0 Å². The van der Waals surface area contributed by atoms with Crippen LogP contribution < -0.4 is 16.3 Å². The fraction of sp³-hybridized carbons (Fsp3) is 0.0714. The van der Waals surface area contributed by atoms with Crippen LogP contribution in [0.5, 0.6) is 0 Å². The lowest BCUT2D eigenvalue weighted by Gasteiger charge is -2.17. The molecule has 2 rings (SSSR count). The lowest BCUT2D eigenvalue weighted by atomic mass is 10.4. The molecule has 92 valence electrons. The summed E-state index contributed by atoms with van der Waals surface area (Å²) in [4.78, 5) is 11.2. The van der Waals surface area contributed by atoms with Crippen molar-refractivity contribution in [2.45, 2.75) is 0 Å². The van der Waals surface area contributed by atoms with Crippen LogP contribution in [-0.2, 0) is 9.36 Å². The molecule has 0 aliphatic carbocycles. The van der Waals surface area contributed by atoms with E-state index in [2.05, 4.69) is 0 Å². The highest BCUT2D eigenvalue weighted by Crippen LogP contribution is 2.42. The lowest BCUT2D eigenvalue weighted by Crippen LogP contribution is -2.26. The first-order valence-electron chi connectivity index (χ1n) is 5.61. The number of benzene rings is 2. The molecule has 0 radical (unpaired) electrons. The van der Waals surface area contributed by atoms with E-state index in [1.807, 2.05) is 36.4 Å². The van der Waals surface area contributed by atoms with Gasteiger partial charge in [0.1, 0.15) is 0 Å². The molecule has 1 amide bonds. The summed E-state index contributed by atoms with van der Waals surface area (Å²) in [6, 6.07) is 18.0. The van der Waals surface area contributed by atoms with Crippen molar-refractivity contribution < 1.29 is 9.36 Å². The molecular weight excluding hydrogens is 245 g/mol. The van der Waals surface area contributed by atoms with Gasteiger partial charge in [-0.3, -0.25) is 4.79 Å². The van der Waals surface area contributed by atoms with Crippen molar-refractivity contribution in [3.8, 4) is 0 Å². The number of rotatable bonds is 4. The fourth-order valence-corrected chi connectivity index (χ4v) is 4.30. The summed E-state index contributed by atoms with van der Waals surface area (Å²) in [6.45, 7) is 0. The van der Waals surface area contributed by atoms with E-state index < -0.39 is 13.0 Å². The van der Waals surface area contributed by atoms with Gasteiger partial charge in [0.2, 0.25) is 5.91 Å². The minimum absolute atomic E-state index is 0.138. The van der Waals surface area contributed by atoms with Gasteiger partial charge in [0.25, 0.3) is 0 Å². The molecule has 18 heavy (non-hydrogen) atoms. The van der Waals surface area contributed by atoms with E-state index in [-0.39, 0.29) is 6.16 Å². The Kier molecular flexibility index (Phi) is 3.63. The van der Waals surface area contributed by atoms with Crippen molar-refractivity contribution in [3.63, 3.8) is 0 Å². The number of amides is 1. The molecular formula is C14H14NO2P. The first kappa shape index (κ1) is 12.6. The molecule has 2 aromatic rings.